The summed E-state index contributed by atoms with van der Waals surface area (Å²) in [5.74, 6) is 1.18. The molecule has 0 atom stereocenters. The van der Waals surface area contributed by atoms with Gasteiger partial charge in [-0.1, -0.05) is 17.7 Å². The molecule has 24 heavy (non-hydrogen) atoms. The second-order valence-electron chi connectivity index (χ2n) is 4.82. The van der Waals surface area contributed by atoms with Crippen LogP contribution in [0.5, 0.6) is 11.5 Å². The molecule has 0 aliphatic carbocycles. The number of tetrazole rings is 1. The number of halogens is 1. The molecule has 0 bridgehead atoms. The number of ether oxygens (including phenoxy) is 1. The van der Waals surface area contributed by atoms with Gasteiger partial charge in [0.15, 0.2) is 5.82 Å². The number of rotatable bonds is 5. The van der Waals surface area contributed by atoms with Gasteiger partial charge in [0.05, 0.1) is 19.8 Å². The Kier molecular flexibility index (Phi) is 4.66. The van der Waals surface area contributed by atoms with E-state index < -0.39 is 0 Å². The van der Waals surface area contributed by atoms with Crippen molar-refractivity contribution in [3.63, 3.8) is 0 Å². The first-order valence-electron chi connectivity index (χ1n) is 7.01. The Hall–Kier alpha value is -3.00. The van der Waals surface area contributed by atoms with Crippen LogP contribution in [0.15, 0.2) is 42.6 Å². The van der Waals surface area contributed by atoms with Gasteiger partial charge in [0.25, 0.3) is 5.91 Å². The van der Waals surface area contributed by atoms with Gasteiger partial charge in [0, 0.05) is 5.02 Å². The molecule has 0 spiro atoms. The minimum Gasteiger partial charge on any atom is -0.456 e. The summed E-state index contributed by atoms with van der Waals surface area (Å²) in [6.07, 6.45) is 1.47. The van der Waals surface area contributed by atoms with E-state index in [1.807, 2.05) is 0 Å². The predicted octanol–water partition coefficient (Wildman–Crippen LogP) is 1.98. The number of nitrogens with zero attached hydrogens (tertiary/aromatic N) is 5. The first-order chi connectivity index (χ1) is 11.6. The molecule has 2 aromatic heterocycles. The predicted molar refractivity (Wildman–Crippen MR) is 85.7 cm³/mol. The Morgan fingerprint density at radius 1 is 1.29 bits per heavy atom. The van der Waals surface area contributed by atoms with Crippen LogP contribution in [0.1, 0.15) is 16.3 Å². The Balaban J connectivity index is 1.60. The number of benzene rings is 1. The summed E-state index contributed by atoms with van der Waals surface area (Å²) in [5.41, 5.74) is 0.261. The van der Waals surface area contributed by atoms with Gasteiger partial charge < -0.3 is 10.1 Å². The number of amides is 1. The highest BCUT2D eigenvalue weighted by Crippen LogP contribution is 2.23. The fourth-order valence-electron chi connectivity index (χ4n) is 1.89. The van der Waals surface area contributed by atoms with Gasteiger partial charge in [-0.15, -0.1) is 10.2 Å². The van der Waals surface area contributed by atoms with Gasteiger partial charge in [-0.25, -0.2) is 4.98 Å². The van der Waals surface area contributed by atoms with Crippen LogP contribution in [-0.2, 0) is 13.6 Å². The van der Waals surface area contributed by atoms with Crippen molar-refractivity contribution in [1.29, 1.82) is 0 Å². The molecule has 0 aliphatic rings. The zero-order chi connectivity index (χ0) is 16.9. The van der Waals surface area contributed by atoms with Crippen LogP contribution >= 0.6 is 11.6 Å². The first-order valence-corrected chi connectivity index (χ1v) is 7.38. The lowest BCUT2D eigenvalue weighted by atomic mass is 10.3. The zero-order valence-corrected chi connectivity index (χ0v) is 13.4. The van der Waals surface area contributed by atoms with Crippen molar-refractivity contribution >= 4 is 17.5 Å². The summed E-state index contributed by atoms with van der Waals surface area (Å²) >= 11 is 5.90. The van der Waals surface area contributed by atoms with E-state index in [2.05, 4.69) is 25.7 Å². The number of hydrogen-bond donors (Lipinski definition) is 1. The van der Waals surface area contributed by atoms with Gasteiger partial charge in [0.1, 0.15) is 17.2 Å². The molecule has 1 aromatic carbocycles. The standard InChI is InChI=1S/C15H13ClN6O2/c1-22-20-14(19-21-22)9-18-15(23)13-6-5-12(8-17-13)24-11-4-2-3-10(16)7-11/h2-8H,9H2,1H3,(H,18,23). The zero-order valence-electron chi connectivity index (χ0n) is 12.7. The first kappa shape index (κ1) is 15.9. The Bertz CT molecular complexity index is 849. The van der Waals surface area contributed by atoms with Crippen LogP contribution in [-0.4, -0.2) is 31.1 Å². The van der Waals surface area contributed by atoms with Crippen molar-refractivity contribution in [2.24, 2.45) is 7.05 Å². The molecule has 0 saturated heterocycles. The van der Waals surface area contributed by atoms with Crippen LogP contribution in [0.2, 0.25) is 5.02 Å². The SMILES string of the molecule is Cn1nnc(CNC(=O)c2ccc(Oc3cccc(Cl)c3)cn2)n1. The molecule has 122 valence electrons. The van der Waals surface area contributed by atoms with Crippen molar-refractivity contribution in [1.82, 2.24) is 30.5 Å². The maximum absolute atomic E-state index is 12.0. The van der Waals surface area contributed by atoms with E-state index in [1.54, 1.807) is 43.4 Å². The topological polar surface area (TPSA) is 94.8 Å². The summed E-state index contributed by atoms with van der Waals surface area (Å²) < 4.78 is 5.62. The third-order valence-corrected chi connectivity index (χ3v) is 3.19. The summed E-state index contributed by atoms with van der Waals surface area (Å²) in [6.45, 7) is 0.176. The van der Waals surface area contributed by atoms with E-state index in [0.717, 1.165) is 0 Å². The molecule has 3 aromatic rings. The molecule has 0 fully saturated rings. The molecule has 0 saturated carbocycles. The Morgan fingerprint density at radius 3 is 2.83 bits per heavy atom. The van der Waals surface area contributed by atoms with E-state index in [9.17, 15) is 4.79 Å². The average molecular weight is 345 g/mol. The molecule has 0 radical (unpaired) electrons. The monoisotopic (exact) mass is 344 g/mol. The molecule has 2 heterocycles. The van der Waals surface area contributed by atoms with Gasteiger partial charge in [-0.2, -0.15) is 4.80 Å². The number of aryl methyl sites for hydroxylation is 1. The van der Waals surface area contributed by atoms with E-state index in [1.165, 1.54) is 11.0 Å². The smallest absolute Gasteiger partial charge is 0.270 e. The van der Waals surface area contributed by atoms with Gasteiger partial charge in [-0.3, -0.25) is 4.79 Å². The number of hydrogen-bond acceptors (Lipinski definition) is 6. The second kappa shape index (κ2) is 7.05. The number of carbonyl (C=O) groups is 1. The maximum Gasteiger partial charge on any atom is 0.270 e. The highest BCUT2D eigenvalue weighted by atomic mass is 35.5. The lowest BCUT2D eigenvalue weighted by Gasteiger charge is -2.06. The lowest BCUT2D eigenvalue weighted by Crippen LogP contribution is -2.24. The minimum absolute atomic E-state index is 0.176. The normalized spacial score (nSPS) is 10.4. The number of aromatic nitrogens is 5. The van der Waals surface area contributed by atoms with E-state index in [0.29, 0.717) is 22.3 Å². The molecule has 0 aliphatic heterocycles. The van der Waals surface area contributed by atoms with Gasteiger partial charge >= 0.3 is 0 Å². The van der Waals surface area contributed by atoms with E-state index in [4.69, 9.17) is 16.3 Å². The Labute approximate surface area is 142 Å². The molecule has 8 nitrogen and oxygen atoms in total. The molecular weight excluding hydrogens is 332 g/mol. The molecule has 0 unspecified atom stereocenters. The third-order valence-electron chi connectivity index (χ3n) is 2.96. The molecule has 1 N–H and O–H groups in total. The lowest BCUT2D eigenvalue weighted by molar-refractivity contribution is 0.0945. The highest BCUT2D eigenvalue weighted by molar-refractivity contribution is 6.30. The summed E-state index contributed by atoms with van der Waals surface area (Å²) in [5, 5.41) is 14.7. The third kappa shape index (κ3) is 4.05. The van der Waals surface area contributed by atoms with Gasteiger partial charge in [-0.05, 0) is 35.5 Å². The molecule has 3 rings (SSSR count). The largest absolute Gasteiger partial charge is 0.456 e. The molecule has 1 amide bonds. The molecular formula is C15H13ClN6O2. The number of nitrogens with one attached hydrogen (secondary N) is 1. The fraction of sp³-hybridized carbons (Fsp3) is 0.133. The fourth-order valence-corrected chi connectivity index (χ4v) is 2.07. The van der Waals surface area contributed by atoms with Crippen molar-refractivity contribution in [3.05, 3.63) is 59.1 Å². The van der Waals surface area contributed by atoms with Crippen LogP contribution < -0.4 is 10.1 Å². The van der Waals surface area contributed by atoms with Gasteiger partial charge in [0.2, 0.25) is 0 Å². The van der Waals surface area contributed by atoms with Crippen molar-refractivity contribution in [2.45, 2.75) is 6.54 Å². The van der Waals surface area contributed by atoms with Crippen LogP contribution in [0, 0.1) is 0 Å². The second-order valence-corrected chi connectivity index (χ2v) is 5.25. The van der Waals surface area contributed by atoms with Crippen molar-refractivity contribution in [2.75, 3.05) is 0 Å². The maximum atomic E-state index is 12.0. The number of pyridine rings is 1. The Morgan fingerprint density at radius 2 is 2.17 bits per heavy atom. The van der Waals surface area contributed by atoms with Crippen molar-refractivity contribution < 1.29 is 9.53 Å². The quantitative estimate of drug-likeness (QED) is 0.760. The van der Waals surface area contributed by atoms with E-state index >= 15 is 0 Å². The van der Waals surface area contributed by atoms with Crippen molar-refractivity contribution in [3.8, 4) is 11.5 Å². The number of carbonyl (C=O) groups excluding carboxylic acids is 1. The average Bonchev–Trinajstić information content (AvgIpc) is 2.99. The minimum atomic E-state index is -0.336. The summed E-state index contributed by atoms with van der Waals surface area (Å²) in [6, 6.07) is 10.2. The van der Waals surface area contributed by atoms with E-state index in [-0.39, 0.29) is 18.1 Å². The van der Waals surface area contributed by atoms with Crippen LogP contribution in [0.3, 0.4) is 0 Å². The highest BCUT2D eigenvalue weighted by Gasteiger charge is 2.09. The summed E-state index contributed by atoms with van der Waals surface area (Å²) in [4.78, 5) is 17.4. The van der Waals surface area contributed by atoms with Crippen LogP contribution in [0.25, 0.3) is 0 Å². The molecule has 9 heteroatoms. The van der Waals surface area contributed by atoms with Crippen LogP contribution in [0.4, 0.5) is 0 Å². The summed E-state index contributed by atoms with van der Waals surface area (Å²) in [7, 11) is 1.65.